The molecule has 1 aromatic rings. The van der Waals surface area contributed by atoms with Gasteiger partial charge in [0.1, 0.15) is 0 Å². The van der Waals surface area contributed by atoms with Gasteiger partial charge in [-0.3, -0.25) is 0 Å². The maximum atomic E-state index is 3.59. The molecule has 1 heterocycles. The highest BCUT2D eigenvalue weighted by Crippen LogP contribution is 2.25. The Hall–Kier alpha value is -1.02. The van der Waals surface area contributed by atoms with Crippen LogP contribution in [0.1, 0.15) is 31.4 Å². The molecule has 1 saturated heterocycles. The van der Waals surface area contributed by atoms with Gasteiger partial charge >= 0.3 is 0 Å². The van der Waals surface area contributed by atoms with Crippen molar-refractivity contribution >= 4 is 5.69 Å². The van der Waals surface area contributed by atoms with Crippen LogP contribution >= 0.6 is 0 Å². The molecule has 1 atom stereocenters. The summed E-state index contributed by atoms with van der Waals surface area (Å²) in [4.78, 5) is 2.54. The van der Waals surface area contributed by atoms with E-state index in [1.807, 2.05) is 0 Å². The topological polar surface area (TPSA) is 15.3 Å². The zero-order valence-electron chi connectivity index (χ0n) is 12.9. The molecule has 0 aromatic heterocycles. The molecule has 2 nitrogen and oxygen atoms in total. The number of rotatable bonds is 5. The van der Waals surface area contributed by atoms with Crippen molar-refractivity contribution < 1.29 is 0 Å². The Bertz CT molecular complexity index is 391. The third kappa shape index (κ3) is 4.24. The molecule has 0 amide bonds. The smallest absolute Gasteiger partial charge is 0.0371 e. The number of aryl methyl sites for hydroxylation is 2. The highest BCUT2D eigenvalue weighted by Gasteiger charge is 2.22. The van der Waals surface area contributed by atoms with Gasteiger partial charge in [0.15, 0.2) is 0 Å². The molecule has 1 unspecified atom stereocenters. The fraction of sp³-hybridized carbons (Fsp3) is 0.647. The normalized spacial score (nSPS) is 19.4. The van der Waals surface area contributed by atoms with E-state index in [2.05, 4.69) is 56.1 Å². The molecule has 2 heteroatoms. The number of hydrogen-bond donors (Lipinski definition) is 1. The highest BCUT2D eigenvalue weighted by molar-refractivity contribution is 5.51. The summed E-state index contributed by atoms with van der Waals surface area (Å²) in [6, 6.07) is 6.88. The van der Waals surface area contributed by atoms with E-state index in [-0.39, 0.29) is 0 Å². The Labute approximate surface area is 118 Å². The Morgan fingerprint density at radius 2 is 1.89 bits per heavy atom. The van der Waals surface area contributed by atoms with Gasteiger partial charge in [0.05, 0.1) is 0 Å². The van der Waals surface area contributed by atoms with Gasteiger partial charge in [0.25, 0.3) is 0 Å². The van der Waals surface area contributed by atoms with Crippen LogP contribution in [0, 0.1) is 25.7 Å². The first-order valence-electron chi connectivity index (χ1n) is 7.58. The molecule has 1 fully saturated rings. The van der Waals surface area contributed by atoms with Gasteiger partial charge in [-0.25, -0.2) is 0 Å². The van der Waals surface area contributed by atoms with Gasteiger partial charge in [-0.05, 0) is 68.5 Å². The van der Waals surface area contributed by atoms with Gasteiger partial charge in [-0.15, -0.1) is 0 Å². The van der Waals surface area contributed by atoms with Crippen LogP contribution in [0.3, 0.4) is 0 Å². The van der Waals surface area contributed by atoms with Crippen molar-refractivity contribution in [3.8, 4) is 0 Å². The second-order valence-corrected chi connectivity index (χ2v) is 6.50. The molecule has 0 aliphatic carbocycles. The number of anilines is 1. The summed E-state index contributed by atoms with van der Waals surface area (Å²) < 4.78 is 0. The van der Waals surface area contributed by atoms with Crippen LogP contribution in [0.25, 0.3) is 0 Å². The third-order valence-electron chi connectivity index (χ3n) is 3.84. The average molecular weight is 260 g/mol. The lowest BCUT2D eigenvalue weighted by atomic mass is 10.1. The lowest BCUT2D eigenvalue weighted by Crippen LogP contribution is -2.28. The first kappa shape index (κ1) is 14.4. The Morgan fingerprint density at radius 1 is 1.21 bits per heavy atom. The van der Waals surface area contributed by atoms with Crippen LogP contribution in [0.2, 0.25) is 0 Å². The van der Waals surface area contributed by atoms with Gasteiger partial charge in [-0.1, -0.05) is 19.9 Å². The molecule has 2 rings (SSSR count). The fourth-order valence-corrected chi connectivity index (χ4v) is 2.94. The molecule has 0 spiro atoms. The van der Waals surface area contributed by atoms with E-state index in [9.17, 15) is 0 Å². The van der Waals surface area contributed by atoms with Gasteiger partial charge in [0.2, 0.25) is 0 Å². The zero-order chi connectivity index (χ0) is 13.8. The summed E-state index contributed by atoms with van der Waals surface area (Å²) in [5, 5.41) is 3.59. The standard InChI is InChI=1S/C17H28N2/c1-13(2)10-18-11-16-5-6-19(12-16)17-8-14(3)7-15(4)9-17/h7-9,13,16,18H,5-6,10-12H2,1-4H3. The summed E-state index contributed by atoms with van der Waals surface area (Å²) in [7, 11) is 0. The van der Waals surface area contributed by atoms with Crippen molar-refractivity contribution in [2.24, 2.45) is 11.8 Å². The Kier molecular flexibility index (Phi) is 4.87. The lowest BCUT2D eigenvalue weighted by Gasteiger charge is -2.20. The molecule has 1 aliphatic heterocycles. The van der Waals surface area contributed by atoms with Crippen LogP contribution in [0.5, 0.6) is 0 Å². The number of nitrogens with one attached hydrogen (secondary N) is 1. The Morgan fingerprint density at radius 3 is 2.53 bits per heavy atom. The minimum absolute atomic E-state index is 0.747. The number of benzene rings is 1. The monoisotopic (exact) mass is 260 g/mol. The quantitative estimate of drug-likeness (QED) is 0.873. The van der Waals surface area contributed by atoms with Gasteiger partial charge < -0.3 is 10.2 Å². The van der Waals surface area contributed by atoms with Crippen molar-refractivity contribution in [3.05, 3.63) is 29.3 Å². The molecule has 0 bridgehead atoms. The zero-order valence-corrected chi connectivity index (χ0v) is 12.9. The van der Waals surface area contributed by atoms with E-state index >= 15 is 0 Å². The largest absolute Gasteiger partial charge is 0.371 e. The summed E-state index contributed by atoms with van der Waals surface area (Å²) in [5.41, 5.74) is 4.15. The van der Waals surface area contributed by atoms with Crippen LogP contribution in [-0.4, -0.2) is 26.2 Å². The maximum absolute atomic E-state index is 3.59. The van der Waals surface area contributed by atoms with Gasteiger partial charge in [0, 0.05) is 18.8 Å². The van der Waals surface area contributed by atoms with Crippen molar-refractivity contribution in [1.29, 1.82) is 0 Å². The average Bonchev–Trinajstić information content (AvgIpc) is 2.76. The molecule has 1 aliphatic rings. The summed E-state index contributed by atoms with van der Waals surface area (Å²) in [6.45, 7) is 13.6. The fourth-order valence-electron chi connectivity index (χ4n) is 2.94. The summed E-state index contributed by atoms with van der Waals surface area (Å²) >= 11 is 0. The predicted molar refractivity (Wildman–Crippen MR) is 83.9 cm³/mol. The van der Waals surface area contributed by atoms with E-state index < -0.39 is 0 Å². The van der Waals surface area contributed by atoms with Crippen LogP contribution in [-0.2, 0) is 0 Å². The van der Waals surface area contributed by atoms with Crippen molar-refractivity contribution in [1.82, 2.24) is 5.32 Å². The second-order valence-electron chi connectivity index (χ2n) is 6.50. The molecule has 1 N–H and O–H groups in total. The molecular weight excluding hydrogens is 232 g/mol. The first-order valence-corrected chi connectivity index (χ1v) is 7.58. The van der Waals surface area contributed by atoms with Crippen molar-refractivity contribution in [3.63, 3.8) is 0 Å². The van der Waals surface area contributed by atoms with Crippen molar-refractivity contribution in [2.75, 3.05) is 31.1 Å². The van der Waals surface area contributed by atoms with E-state index in [1.165, 1.54) is 42.9 Å². The lowest BCUT2D eigenvalue weighted by molar-refractivity contribution is 0.477. The molecule has 0 radical (unpaired) electrons. The van der Waals surface area contributed by atoms with Crippen LogP contribution in [0.15, 0.2) is 18.2 Å². The Balaban J connectivity index is 1.87. The van der Waals surface area contributed by atoms with E-state index in [4.69, 9.17) is 0 Å². The van der Waals surface area contributed by atoms with E-state index in [1.54, 1.807) is 0 Å². The minimum Gasteiger partial charge on any atom is -0.371 e. The number of nitrogens with zero attached hydrogens (tertiary/aromatic N) is 1. The summed E-state index contributed by atoms with van der Waals surface area (Å²) in [6.07, 6.45) is 1.32. The molecule has 0 saturated carbocycles. The first-order chi connectivity index (χ1) is 9.04. The van der Waals surface area contributed by atoms with Crippen molar-refractivity contribution in [2.45, 2.75) is 34.1 Å². The van der Waals surface area contributed by atoms with Crippen LogP contribution < -0.4 is 10.2 Å². The summed E-state index contributed by atoms with van der Waals surface area (Å²) in [5.74, 6) is 1.55. The molecule has 19 heavy (non-hydrogen) atoms. The molecular formula is C17H28N2. The SMILES string of the molecule is Cc1cc(C)cc(N2CCC(CNCC(C)C)C2)c1. The maximum Gasteiger partial charge on any atom is 0.0371 e. The molecule has 1 aromatic carbocycles. The third-order valence-corrected chi connectivity index (χ3v) is 3.84. The molecule has 106 valence electrons. The minimum atomic E-state index is 0.747. The number of hydrogen-bond acceptors (Lipinski definition) is 2. The predicted octanol–water partition coefficient (Wildman–Crippen LogP) is 3.38. The van der Waals surface area contributed by atoms with E-state index in [0.29, 0.717) is 0 Å². The highest BCUT2D eigenvalue weighted by atomic mass is 15.2. The van der Waals surface area contributed by atoms with Crippen LogP contribution in [0.4, 0.5) is 5.69 Å². The van der Waals surface area contributed by atoms with Gasteiger partial charge in [-0.2, -0.15) is 0 Å². The van der Waals surface area contributed by atoms with E-state index in [0.717, 1.165) is 18.4 Å². The second kappa shape index (κ2) is 6.42.